The van der Waals surface area contributed by atoms with E-state index >= 15 is 0 Å². The maximum Gasteiger partial charge on any atom is 0.337 e. The lowest BCUT2D eigenvalue weighted by Gasteiger charge is -2.41. The third-order valence-electron chi connectivity index (χ3n) is 5.25. The van der Waals surface area contributed by atoms with Crippen molar-refractivity contribution in [3.8, 4) is 0 Å². The van der Waals surface area contributed by atoms with Crippen molar-refractivity contribution in [3.05, 3.63) is 29.8 Å². The van der Waals surface area contributed by atoms with Crippen LogP contribution in [0.1, 0.15) is 42.5 Å². The van der Waals surface area contributed by atoms with Crippen molar-refractivity contribution in [2.75, 3.05) is 38.6 Å². The molecule has 0 radical (unpaired) electrons. The van der Waals surface area contributed by atoms with Gasteiger partial charge in [0.1, 0.15) is 0 Å². The van der Waals surface area contributed by atoms with E-state index < -0.39 is 0 Å². The van der Waals surface area contributed by atoms with Crippen molar-refractivity contribution < 1.29 is 9.53 Å². The number of benzene rings is 1. The van der Waals surface area contributed by atoms with Gasteiger partial charge in [-0.1, -0.05) is 19.3 Å². The van der Waals surface area contributed by atoms with Crippen molar-refractivity contribution in [2.24, 2.45) is 0 Å². The zero-order valence-corrected chi connectivity index (χ0v) is 15.7. The van der Waals surface area contributed by atoms with Crippen LogP contribution >= 0.6 is 12.2 Å². The second-order valence-electron chi connectivity index (χ2n) is 6.81. The number of nitrogens with zero attached hydrogens (tertiary/aromatic N) is 2. The number of ether oxygens (including phenoxy) is 1. The average Bonchev–Trinajstić information content (AvgIpc) is 2.68. The maximum atomic E-state index is 11.5. The number of esters is 1. The van der Waals surface area contributed by atoms with Gasteiger partial charge in [-0.2, -0.15) is 0 Å². The zero-order valence-electron chi connectivity index (χ0n) is 14.9. The van der Waals surface area contributed by atoms with E-state index in [4.69, 9.17) is 17.0 Å². The fourth-order valence-corrected chi connectivity index (χ4v) is 4.05. The van der Waals surface area contributed by atoms with E-state index in [9.17, 15) is 4.79 Å². The summed E-state index contributed by atoms with van der Waals surface area (Å²) in [5.41, 5.74) is 1.44. The van der Waals surface area contributed by atoms with Crippen molar-refractivity contribution in [1.29, 1.82) is 0 Å². The monoisotopic (exact) mass is 361 g/mol. The van der Waals surface area contributed by atoms with Gasteiger partial charge < -0.3 is 15.0 Å². The third kappa shape index (κ3) is 4.70. The van der Waals surface area contributed by atoms with Crippen LogP contribution in [0, 0.1) is 0 Å². The Hall–Kier alpha value is -1.66. The van der Waals surface area contributed by atoms with Gasteiger partial charge in [0.25, 0.3) is 0 Å². The van der Waals surface area contributed by atoms with Gasteiger partial charge in [-0.15, -0.1) is 0 Å². The molecule has 1 aromatic rings. The van der Waals surface area contributed by atoms with Gasteiger partial charge >= 0.3 is 5.97 Å². The molecule has 0 aromatic heterocycles. The number of hydrogen-bond donors (Lipinski definition) is 1. The summed E-state index contributed by atoms with van der Waals surface area (Å²) in [7, 11) is 1.39. The minimum atomic E-state index is -0.326. The fraction of sp³-hybridized carbons (Fsp3) is 0.579. The van der Waals surface area contributed by atoms with Crippen LogP contribution in [0.3, 0.4) is 0 Å². The highest BCUT2D eigenvalue weighted by Crippen LogP contribution is 2.23. The minimum Gasteiger partial charge on any atom is -0.465 e. The lowest BCUT2D eigenvalue weighted by molar-refractivity contribution is 0.0601. The summed E-state index contributed by atoms with van der Waals surface area (Å²) in [6.45, 7) is 4.13. The van der Waals surface area contributed by atoms with Crippen molar-refractivity contribution in [3.63, 3.8) is 0 Å². The molecule has 1 heterocycles. The molecule has 3 rings (SSSR count). The van der Waals surface area contributed by atoms with Crippen LogP contribution in [0.2, 0.25) is 0 Å². The highest BCUT2D eigenvalue weighted by molar-refractivity contribution is 7.80. The molecular weight excluding hydrogens is 334 g/mol. The van der Waals surface area contributed by atoms with Crippen LogP contribution in [-0.4, -0.2) is 60.2 Å². The minimum absolute atomic E-state index is 0.326. The topological polar surface area (TPSA) is 44.8 Å². The number of nitrogens with one attached hydrogen (secondary N) is 1. The first-order valence-corrected chi connectivity index (χ1v) is 9.56. The molecule has 1 saturated heterocycles. The molecule has 25 heavy (non-hydrogen) atoms. The summed E-state index contributed by atoms with van der Waals surface area (Å²) in [5.74, 6) is -0.326. The van der Waals surface area contributed by atoms with E-state index in [1.807, 2.05) is 12.1 Å². The van der Waals surface area contributed by atoms with Crippen LogP contribution in [0.5, 0.6) is 0 Å². The number of piperazine rings is 1. The van der Waals surface area contributed by atoms with Crippen molar-refractivity contribution in [2.45, 2.75) is 38.1 Å². The summed E-state index contributed by atoms with van der Waals surface area (Å²) in [6, 6.07) is 7.99. The Morgan fingerprint density at radius 1 is 1.08 bits per heavy atom. The van der Waals surface area contributed by atoms with Gasteiger partial charge in [-0.3, -0.25) is 4.90 Å². The largest absolute Gasteiger partial charge is 0.465 e. The molecule has 1 aromatic carbocycles. The normalized spacial score (nSPS) is 19.5. The van der Waals surface area contributed by atoms with Crippen LogP contribution < -0.4 is 5.32 Å². The highest BCUT2D eigenvalue weighted by atomic mass is 32.1. The Bertz CT molecular complexity index is 591. The van der Waals surface area contributed by atoms with E-state index in [1.54, 1.807) is 12.1 Å². The molecule has 0 spiro atoms. The number of methoxy groups -OCH3 is 1. The summed E-state index contributed by atoms with van der Waals surface area (Å²) >= 11 is 5.56. The first kappa shape index (κ1) is 18.1. The average molecular weight is 362 g/mol. The SMILES string of the molecule is COC(=O)c1ccc(NC(=S)N2CCN(C3CCCCC3)CC2)cc1. The van der Waals surface area contributed by atoms with Crippen LogP contribution in [0.15, 0.2) is 24.3 Å². The molecule has 1 aliphatic carbocycles. The molecule has 136 valence electrons. The Morgan fingerprint density at radius 3 is 2.32 bits per heavy atom. The van der Waals surface area contributed by atoms with Gasteiger partial charge in [0, 0.05) is 37.9 Å². The van der Waals surface area contributed by atoms with Gasteiger partial charge in [0.15, 0.2) is 5.11 Å². The summed E-state index contributed by atoms with van der Waals surface area (Å²) in [6.07, 6.45) is 6.88. The molecule has 1 saturated carbocycles. The molecule has 2 aliphatic rings. The van der Waals surface area contributed by atoms with E-state index in [0.29, 0.717) is 5.56 Å². The summed E-state index contributed by atoms with van der Waals surface area (Å²) in [4.78, 5) is 16.4. The maximum absolute atomic E-state index is 11.5. The van der Waals surface area contributed by atoms with Crippen LogP contribution in [-0.2, 0) is 4.74 Å². The molecule has 5 nitrogen and oxygen atoms in total. The number of hydrogen-bond acceptors (Lipinski definition) is 4. The van der Waals surface area contributed by atoms with Crippen molar-refractivity contribution >= 4 is 29.0 Å². The zero-order chi connectivity index (χ0) is 17.6. The lowest BCUT2D eigenvalue weighted by atomic mass is 9.94. The van der Waals surface area contributed by atoms with Gasteiger partial charge in [-0.05, 0) is 49.3 Å². The molecule has 1 aliphatic heterocycles. The molecule has 1 N–H and O–H groups in total. The first-order chi connectivity index (χ1) is 12.2. The molecular formula is C19H27N3O2S. The number of thiocarbonyl (C=S) groups is 1. The van der Waals surface area contributed by atoms with Crippen molar-refractivity contribution in [1.82, 2.24) is 9.80 Å². The summed E-state index contributed by atoms with van der Waals surface area (Å²) < 4.78 is 4.71. The van der Waals surface area contributed by atoms with E-state index in [-0.39, 0.29) is 5.97 Å². The smallest absolute Gasteiger partial charge is 0.337 e. The quantitative estimate of drug-likeness (QED) is 0.659. The van der Waals surface area contributed by atoms with Gasteiger partial charge in [0.05, 0.1) is 12.7 Å². The van der Waals surface area contributed by atoms with Crippen LogP contribution in [0.25, 0.3) is 0 Å². The second kappa shape index (κ2) is 8.63. The number of rotatable bonds is 3. The third-order valence-corrected chi connectivity index (χ3v) is 5.61. The number of anilines is 1. The Labute approximate surface area is 155 Å². The fourth-order valence-electron chi connectivity index (χ4n) is 3.75. The standard InChI is InChI=1S/C19H27N3O2S/c1-24-18(23)15-7-9-16(10-8-15)20-19(25)22-13-11-21(12-14-22)17-5-3-2-4-6-17/h7-10,17H,2-6,11-14H2,1H3,(H,20,25). The van der Waals surface area contributed by atoms with Gasteiger partial charge in [-0.25, -0.2) is 4.79 Å². The Morgan fingerprint density at radius 2 is 1.72 bits per heavy atom. The highest BCUT2D eigenvalue weighted by Gasteiger charge is 2.25. The molecule has 0 atom stereocenters. The van der Waals surface area contributed by atoms with Crippen LogP contribution in [0.4, 0.5) is 5.69 Å². The summed E-state index contributed by atoms with van der Waals surface area (Å²) in [5, 5.41) is 4.04. The van der Waals surface area contributed by atoms with E-state index in [0.717, 1.165) is 43.0 Å². The van der Waals surface area contributed by atoms with E-state index in [1.165, 1.54) is 39.2 Å². The predicted octanol–water partition coefficient (Wildman–Crippen LogP) is 3.12. The number of carbonyl (C=O) groups is 1. The Kier molecular flexibility index (Phi) is 6.26. The Balaban J connectivity index is 1.48. The number of carbonyl (C=O) groups excluding carboxylic acids is 1. The van der Waals surface area contributed by atoms with Gasteiger partial charge in [0.2, 0.25) is 0 Å². The molecule has 0 bridgehead atoms. The molecule has 2 fully saturated rings. The second-order valence-corrected chi connectivity index (χ2v) is 7.20. The predicted molar refractivity (Wildman–Crippen MR) is 104 cm³/mol. The lowest BCUT2D eigenvalue weighted by Crippen LogP contribution is -2.53. The molecule has 0 unspecified atom stereocenters. The molecule has 0 amide bonds. The van der Waals surface area contributed by atoms with E-state index in [2.05, 4.69) is 15.1 Å². The molecule has 6 heteroatoms. The first-order valence-electron chi connectivity index (χ1n) is 9.16.